The van der Waals surface area contributed by atoms with E-state index >= 15 is 0 Å². The minimum atomic E-state index is 0.538. The van der Waals surface area contributed by atoms with Gasteiger partial charge >= 0.3 is 0 Å². The van der Waals surface area contributed by atoms with Crippen molar-refractivity contribution in [3.63, 3.8) is 0 Å². The first-order chi connectivity index (χ1) is 7.81. The second kappa shape index (κ2) is 5.44. The third kappa shape index (κ3) is 2.62. The van der Waals surface area contributed by atoms with E-state index in [1.807, 2.05) is 6.20 Å². The van der Waals surface area contributed by atoms with Crippen LogP contribution in [0.25, 0.3) is 10.8 Å². The molecule has 0 radical (unpaired) electrons. The SMILES string of the molecule is CCCC(Br)Cc1nccc2ccccc12. The fourth-order valence-corrected chi connectivity index (χ4v) is 2.73. The fourth-order valence-electron chi connectivity index (χ4n) is 1.97. The molecule has 84 valence electrons. The Hall–Kier alpha value is -0.890. The zero-order chi connectivity index (χ0) is 11.4. The summed E-state index contributed by atoms with van der Waals surface area (Å²) in [4.78, 5) is 5.04. The van der Waals surface area contributed by atoms with Gasteiger partial charge in [0, 0.05) is 28.5 Å². The molecule has 0 aliphatic carbocycles. The number of aromatic nitrogens is 1. The molecule has 0 saturated heterocycles. The number of alkyl halides is 1. The highest BCUT2D eigenvalue weighted by Gasteiger charge is 2.08. The van der Waals surface area contributed by atoms with Crippen LogP contribution in [0.5, 0.6) is 0 Å². The summed E-state index contributed by atoms with van der Waals surface area (Å²) in [6.07, 6.45) is 5.32. The van der Waals surface area contributed by atoms with Crippen LogP contribution in [0.1, 0.15) is 25.5 Å². The third-order valence-corrected chi connectivity index (χ3v) is 3.55. The van der Waals surface area contributed by atoms with E-state index in [0.717, 1.165) is 6.42 Å². The van der Waals surface area contributed by atoms with Crippen molar-refractivity contribution in [2.24, 2.45) is 0 Å². The third-order valence-electron chi connectivity index (χ3n) is 2.77. The van der Waals surface area contributed by atoms with Gasteiger partial charge in [0.05, 0.1) is 0 Å². The molecule has 0 fully saturated rings. The van der Waals surface area contributed by atoms with Gasteiger partial charge in [-0.25, -0.2) is 0 Å². The van der Waals surface area contributed by atoms with E-state index in [0.29, 0.717) is 4.83 Å². The second-order valence-electron chi connectivity index (χ2n) is 4.07. The van der Waals surface area contributed by atoms with Crippen molar-refractivity contribution in [3.8, 4) is 0 Å². The predicted molar refractivity (Wildman–Crippen MR) is 73.1 cm³/mol. The van der Waals surface area contributed by atoms with Gasteiger partial charge in [-0.2, -0.15) is 0 Å². The maximum absolute atomic E-state index is 4.50. The highest BCUT2D eigenvalue weighted by atomic mass is 79.9. The summed E-state index contributed by atoms with van der Waals surface area (Å²) in [5, 5.41) is 2.56. The van der Waals surface area contributed by atoms with Crippen LogP contribution in [0.15, 0.2) is 36.5 Å². The quantitative estimate of drug-likeness (QED) is 0.758. The molecule has 0 bridgehead atoms. The van der Waals surface area contributed by atoms with E-state index in [9.17, 15) is 0 Å². The molecule has 1 atom stereocenters. The number of rotatable bonds is 4. The van der Waals surface area contributed by atoms with Crippen molar-refractivity contribution >= 4 is 26.7 Å². The van der Waals surface area contributed by atoms with E-state index in [2.05, 4.69) is 58.2 Å². The molecule has 2 rings (SSSR count). The Bertz CT molecular complexity index is 462. The smallest absolute Gasteiger partial charge is 0.0492 e. The monoisotopic (exact) mass is 277 g/mol. The topological polar surface area (TPSA) is 12.9 Å². The van der Waals surface area contributed by atoms with Gasteiger partial charge in [-0.15, -0.1) is 0 Å². The zero-order valence-electron chi connectivity index (χ0n) is 9.49. The summed E-state index contributed by atoms with van der Waals surface area (Å²) >= 11 is 3.72. The average Bonchev–Trinajstić information content (AvgIpc) is 2.30. The van der Waals surface area contributed by atoms with Gasteiger partial charge < -0.3 is 0 Å². The Morgan fingerprint density at radius 2 is 2.06 bits per heavy atom. The van der Waals surface area contributed by atoms with E-state index < -0.39 is 0 Å². The van der Waals surface area contributed by atoms with Crippen LogP contribution < -0.4 is 0 Å². The van der Waals surface area contributed by atoms with Gasteiger partial charge in [0.15, 0.2) is 0 Å². The molecule has 0 amide bonds. The summed E-state index contributed by atoms with van der Waals surface area (Å²) < 4.78 is 0. The minimum absolute atomic E-state index is 0.538. The standard InChI is InChI=1S/C14H16BrN/c1-2-5-12(15)10-14-13-7-4-3-6-11(13)8-9-16-14/h3-4,6-9,12H,2,5,10H2,1H3. The van der Waals surface area contributed by atoms with Gasteiger partial charge in [0.1, 0.15) is 0 Å². The lowest BCUT2D eigenvalue weighted by molar-refractivity contribution is 0.737. The van der Waals surface area contributed by atoms with Gasteiger partial charge in [-0.3, -0.25) is 4.98 Å². The molecule has 1 aromatic carbocycles. The normalized spacial score (nSPS) is 12.9. The van der Waals surface area contributed by atoms with Crippen molar-refractivity contribution in [1.29, 1.82) is 0 Å². The molecule has 2 heteroatoms. The van der Waals surface area contributed by atoms with Crippen LogP contribution >= 0.6 is 15.9 Å². The molecule has 1 unspecified atom stereocenters. The molecule has 2 aromatic rings. The maximum atomic E-state index is 4.50. The van der Waals surface area contributed by atoms with Crippen LogP contribution in [0.2, 0.25) is 0 Å². The summed E-state index contributed by atoms with van der Waals surface area (Å²) in [7, 11) is 0. The highest BCUT2D eigenvalue weighted by Crippen LogP contribution is 2.21. The summed E-state index contributed by atoms with van der Waals surface area (Å²) in [5.41, 5.74) is 1.20. The van der Waals surface area contributed by atoms with Gasteiger partial charge in [-0.1, -0.05) is 53.5 Å². The Balaban J connectivity index is 2.30. The van der Waals surface area contributed by atoms with Gasteiger partial charge in [0.2, 0.25) is 0 Å². The molecule has 1 nitrogen and oxygen atoms in total. The lowest BCUT2D eigenvalue weighted by Gasteiger charge is -2.09. The first kappa shape index (κ1) is 11.6. The average molecular weight is 278 g/mol. The van der Waals surface area contributed by atoms with Crippen LogP contribution in [-0.4, -0.2) is 9.81 Å². The number of pyridine rings is 1. The van der Waals surface area contributed by atoms with Crippen LogP contribution in [0, 0.1) is 0 Å². The van der Waals surface area contributed by atoms with Crippen molar-refractivity contribution in [3.05, 3.63) is 42.2 Å². The highest BCUT2D eigenvalue weighted by molar-refractivity contribution is 9.09. The molecule has 0 saturated carbocycles. The first-order valence-corrected chi connectivity index (χ1v) is 6.69. The molecule has 0 aliphatic rings. The minimum Gasteiger partial charge on any atom is -0.261 e. The number of hydrogen-bond donors (Lipinski definition) is 0. The molecule has 1 aromatic heterocycles. The predicted octanol–water partition coefficient (Wildman–Crippen LogP) is 4.34. The summed E-state index contributed by atoms with van der Waals surface area (Å²) in [6.45, 7) is 2.21. The molecule has 0 aliphatic heterocycles. The van der Waals surface area contributed by atoms with Crippen LogP contribution in [0.4, 0.5) is 0 Å². The zero-order valence-corrected chi connectivity index (χ0v) is 11.1. The molecular weight excluding hydrogens is 262 g/mol. The van der Waals surface area contributed by atoms with Crippen LogP contribution in [-0.2, 0) is 6.42 Å². The number of hydrogen-bond acceptors (Lipinski definition) is 1. The molecule has 1 heterocycles. The Morgan fingerprint density at radius 1 is 1.25 bits per heavy atom. The van der Waals surface area contributed by atoms with E-state index in [1.165, 1.54) is 29.3 Å². The van der Waals surface area contributed by atoms with Crippen LogP contribution in [0.3, 0.4) is 0 Å². The number of nitrogens with zero attached hydrogens (tertiary/aromatic N) is 1. The summed E-state index contributed by atoms with van der Waals surface area (Å²) in [5.74, 6) is 0. The van der Waals surface area contributed by atoms with E-state index in [1.54, 1.807) is 0 Å². The molecule has 0 spiro atoms. The van der Waals surface area contributed by atoms with Gasteiger partial charge in [0.25, 0.3) is 0 Å². The van der Waals surface area contributed by atoms with Crippen molar-refractivity contribution < 1.29 is 0 Å². The first-order valence-electron chi connectivity index (χ1n) is 5.78. The fraction of sp³-hybridized carbons (Fsp3) is 0.357. The largest absolute Gasteiger partial charge is 0.261 e. The number of benzene rings is 1. The number of fused-ring (bicyclic) bond motifs is 1. The summed E-state index contributed by atoms with van der Waals surface area (Å²) in [6, 6.07) is 10.5. The Morgan fingerprint density at radius 3 is 2.88 bits per heavy atom. The molecule has 16 heavy (non-hydrogen) atoms. The lowest BCUT2D eigenvalue weighted by Crippen LogP contribution is -2.04. The maximum Gasteiger partial charge on any atom is 0.0492 e. The lowest BCUT2D eigenvalue weighted by atomic mass is 10.1. The Labute approximate surface area is 105 Å². The van der Waals surface area contributed by atoms with Gasteiger partial charge in [-0.05, 0) is 17.9 Å². The van der Waals surface area contributed by atoms with Crippen molar-refractivity contribution in [1.82, 2.24) is 4.98 Å². The molecular formula is C14H16BrN. The van der Waals surface area contributed by atoms with E-state index in [4.69, 9.17) is 0 Å². The molecule has 0 N–H and O–H groups in total. The van der Waals surface area contributed by atoms with Crippen molar-refractivity contribution in [2.45, 2.75) is 31.0 Å². The second-order valence-corrected chi connectivity index (χ2v) is 5.36. The van der Waals surface area contributed by atoms with Crippen molar-refractivity contribution in [2.75, 3.05) is 0 Å². The number of halogens is 1. The Kier molecular flexibility index (Phi) is 3.94. The van der Waals surface area contributed by atoms with E-state index in [-0.39, 0.29) is 0 Å².